The van der Waals surface area contributed by atoms with Crippen LogP contribution >= 0.6 is 15.9 Å². The molecule has 2 N–H and O–H groups in total. The number of rotatable bonds is 3. The summed E-state index contributed by atoms with van der Waals surface area (Å²) in [7, 11) is 0. The van der Waals surface area contributed by atoms with Crippen molar-refractivity contribution in [2.24, 2.45) is 0 Å². The summed E-state index contributed by atoms with van der Waals surface area (Å²) in [6.45, 7) is 2.47. The molecule has 1 atom stereocenters. The molecule has 108 valence electrons. The molecule has 1 aromatic carbocycles. The van der Waals surface area contributed by atoms with Crippen molar-refractivity contribution in [3.63, 3.8) is 0 Å². The number of hydrogen-bond donors (Lipinski definition) is 2. The van der Waals surface area contributed by atoms with Crippen LogP contribution in [-0.2, 0) is 11.3 Å². The summed E-state index contributed by atoms with van der Waals surface area (Å²) in [5, 5.41) is 12.1. The van der Waals surface area contributed by atoms with Gasteiger partial charge in [0.05, 0.1) is 0 Å². The van der Waals surface area contributed by atoms with E-state index in [9.17, 15) is 14.7 Å². The average molecular weight is 341 g/mol. The van der Waals surface area contributed by atoms with Crippen LogP contribution in [-0.4, -0.2) is 34.1 Å². The van der Waals surface area contributed by atoms with Crippen molar-refractivity contribution in [3.05, 3.63) is 34.3 Å². The summed E-state index contributed by atoms with van der Waals surface area (Å²) < 4.78 is 0.977. The molecular formula is C14H17BrN2O3. The Hall–Kier alpha value is -1.56. The van der Waals surface area contributed by atoms with Gasteiger partial charge in [-0.1, -0.05) is 28.1 Å². The minimum Gasteiger partial charge on any atom is -0.480 e. The predicted octanol–water partition coefficient (Wildman–Crippen LogP) is 2.60. The second-order valence-electron chi connectivity index (χ2n) is 5.12. The lowest BCUT2D eigenvalue weighted by atomic mass is 10.00. The Balaban J connectivity index is 1.98. The van der Waals surface area contributed by atoms with Crippen molar-refractivity contribution in [3.8, 4) is 0 Å². The number of amides is 2. The number of carboxylic acid groups (broad SMARTS) is 1. The van der Waals surface area contributed by atoms with Crippen LogP contribution in [0.1, 0.15) is 25.3 Å². The van der Waals surface area contributed by atoms with Gasteiger partial charge in [0.2, 0.25) is 0 Å². The quantitative estimate of drug-likeness (QED) is 0.888. The molecule has 1 aromatic rings. The van der Waals surface area contributed by atoms with Crippen LogP contribution in [0.4, 0.5) is 4.79 Å². The molecule has 20 heavy (non-hydrogen) atoms. The maximum atomic E-state index is 12.1. The van der Waals surface area contributed by atoms with Crippen LogP contribution in [0.3, 0.4) is 0 Å². The molecule has 1 fully saturated rings. The fourth-order valence-corrected chi connectivity index (χ4v) is 2.65. The van der Waals surface area contributed by atoms with E-state index < -0.39 is 11.5 Å². The normalized spacial score (nSPS) is 21.8. The standard InChI is InChI=1S/C14H17BrN2O3/c1-14(12(18)19)7-2-8-17(14)13(20)16-9-10-3-5-11(15)6-4-10/h3-6H,2,7-9H2,1H3,(H,16,20)(H,18,19). The third kappa shape index (κ3) is 2.95. The van der Waals surface area contributed by atoms with Gasteiger partial charge < -0.3 is 15.3 Å². The highest BCUT2D eigenvalue weighted by Crippen LogP contribution is 2.29. The molecule has 1 unspecified atom stereocenters. The summed E-state index contributed by atoms with van der Waals surface area (Å²) in [6, 6.07) is 7.29. The third-order valence-electron chi connectivity index (χ3n) is 3.70. The molecule has 0 bridgehead atoms. The topological polar surface area (TPSA) is 69.6 Å². The maximum Gasteiger partial charge on any atom is 0.329 e. The van der Waals surface area contributed by atoms with E-state index in [0.29, 0.717) is 25.9 Å². The van der Waals surface area contributed by atoms with Crippen molar-refractivity contribution in [2.45, 2.75) is 31.8 Å². The van der Waals surface area contributed by atoms with E-state index >= 15 is 0 Å². The van der Waals surface area contributed by atoms with Crippen LogP contribution < -0.4 is 5.32 Å². The first kappa shape index (κ1) is 14.8. The van der Waals surface area contributed by atoms with Crippen molar-refractivity contribution in [2.75, 3.05) is 6.54 Å². The number of nitrogens with one attached hydrogen (secondary N) is 1. The van der Waals surface area contributed by atoms with Gasteiger partial charge in [0.25, 0.3) is 0 Å². The minimum absolute atomic E-state index is 0.324. The molecule has 0 spiro atoms. The van der Waals surface area contributed by atoms with E-state index in [2.05, 4.69) is 21.2 Å². The Morgan fingerprint density at radius 3 is 2.65 bits per heavy atom. The zero-order chi connectivity index (χ0) is 14.8. The van der Waals surface area contributed by atoms with Gasteiger partial charge in [-0.15, -0.1) is 0 Å². The molecule has 1 aliphatic rings. The van der Waals surface area contributed by atoms with Crippen LogP contribution in [0.25, 0.3) is 0 Å². The second-order valence-corrected chi connectivity index (χ2v) is 6.04. The van der Waals surface area contributed by atoms with Gasteiger partial charge in [-0.3, -0.25) is 0 Å². The van der Waals surface area contributed by atoms with Gasteiger partial charge in [0.1, 0.15) is 5.54 Å². The van der Waals surface area contributed by atoms with E-state index in [1.165, 1.54) is 4.90 Å². The number of likely N-dealkylation sites (tertiary alicyclic amines) is 1. The molecule has 1 aliphatic heterocycles. The summed E-state index contributed by atoms with van der Waals surface area (Å²) in [5.74, 6) is -0.950. The van der Waals surface area contributed by atoms with Crippen LogP contribution in [0.2, 0.25) is 0 Å². The molecule has 2 amide bonds. The van der Waals surface area contributed by atoms with Gasteiger partial charge >= 0.3 is 12.0 Å². The van der Waals surface area contributed by atoms with Crippen LogP contribution in [0, 0.1) is 0 Å². The molecule has 6 heteroatoms. The lowest BCUT2D eigenvalue weighted by molar-refractivity contribution is -0.147. The molecular weight excluding hydrogens is 324 g/mol. The Morgan fingerprint density at radius 1 is 1.40 bits per heavy atom. The highest BCUT2D eigenvalue weighted by atomic mass is 79.9. The van der Waals surface area contributed by atoms with Gasteiger partial charge in [-0.25, -0.2) is 9.59 Å². The summed E-state index contributed by atoms with van der Waals surface area (Å²) in [5.41, 5.74) is -0.123. The van der Waals surface area contributed by atoms with Crippen molar-refractivity contribution < 1.29 is 14.7 Å². The second kappa shape index (κ2) is 5.83. The molecule has 0 aliphatic carbocycles. The first-order chi connectivity index (χ1) is 9.43. The number of urea groups is 1. The fourth-order valence-electron chi connectivity index (χ4n) is 2.39. The largest absolute Gasteiger partial charge is 0.480 e. The third-order valence-corrected chi connectivity index (χ3v) is 4.23. The smallest absolute Gasteiger partial charge is 0.329 e. The van der Waals surface area contributed by atoms with Gasteiger partial charge in [-0.2, -0.15) is 0 Å². The molecule has 0 saturated carbocycles. The summed E-state index contributed by atoms with van der Waals surface area (Å²) in [6.07, 6.45) is 1.21. The highest BCUT2D eigenvalue weighted by Gasteiger charge is 2.45. The molecule has 2 rings (SSSR count). The van der Waals surface area contributed by atoms with E-state index in [1.807, 2.05) is 24.3 Å². The number of carboxylic acids is 1. The number of nitrogens with zero attached hydrogens (tertiary/aromatic N) is 1. The van der Waals surface area contributed by atoms with E-state index in [4.69, 9.17) is 0 Å². The van der Waals surface area contributed by atoms with Crippen molar-refractivity contribution in [1.29, 1.82) is 0 Å². The molecule has 1 heterocycles. The number of hydrogen-bond acceptors (Lipinski definition) is 2. The fraction of sp³-hybridized carbons (Fsp3) is 0.429. The first-order valence-corrected chi connectivity index (χ1v) is 7.26. The molecule has 0 aromatic heterocycles. The summed E-state index contributed by atoms with van der Waals surface area (Å²) in [4.78, 5) is 24.9. The Kier molecular flexibility index (Phi) is 4.32. The SMILES string of the molecule is CC1(C(=O)O)CCCN1C(=O)NCc1ccc(Br)cc1. The highest BCUT2D eigenvalue weighted by molar-refractivity contribution is 9.10. The number of carbonyl (C=O) groups excluding carboxylic acids is 1. The Bertz CT molecular complexity index is 518. The zero-order valence-electron chi connectivity index (χ0n) is 11.2. The molecule has 0 radical (unpaired) electrons. The monoisotopic (exact) mass is 340 g/mol. The van der Waals surface area contributed by atoms with E-state index in [0.717, 1.165) is 10.0 Å². The number of carbonyl (C=O) groups is 2. The van der Waals surface area contributed by atoms with Gasteiger partial charge in [-0.05, 0) is 37.5 Å². The van der Waals surface area contributed by atoms with Crippen LogP contribution in [0.15, 0.2) is 28.7 Å². The number of halogens is 1. The Labute approximate surface area is 126 Å². The summed E-state index contributed by atoms with van der Waals surface area (Å²) >= 11 is 3.35. The first-order valence-electron chi connectivity index (χ1n) is 6.47. The maximum absolute atomic E-state index is 12.1. The lowest BCUT2D eigenvalue weighted by Gasteiger charge is -2.31. The number of aliphatic carboxylic acids is 1. The average Bonchev–Trinajstić information content (AvgIpc) is 2.81. The molecule has 5 nitrogen and oxygen atoms in total. The van der Waals surface area contributed by atoms with Crippen molar-refractivity contribution in [1.82, 2.24) is 10.2 Å². The van der Waals surface area contributed by atoms with Crippen LogP contribution in [0.5, 0.6) is 0 Å². The van der Waals surface area contributed by atoms with Gasteiger partial charge in [0, 0.05) is 17.6 Å². The Morgan fingerprint density at radius 2 is 2.05 bits per heavy atom. The predicted molar refractivity (Wildman–Crippen MR) is 78.4 cm³/mol. The van der Waals surface area contributed by atoms with E-state index in [-0.39, 0.29) is 6.03 Å². The zero-order valence-corrected chi connectivity index (χ0v) is 12.8. The minimum atomic E-state index is -1.09. The van der Waals surface area contributed by atoms with E-state index in [1.54, 1.807) is 6.92 Å². The lowest BCUT2D eigenvalue weighted by Crippen LogP contribution is -2.53. The van der Waals surface area contributed by atoms with Gasteiger partial charge in [0.15, 0.2) is 0 Å². The van der Waals surface area contributed by atoms with Crippen molar-refractivity contribution >= 4 is 27.9 Å². The molecule has 1 saturated heterocycles. The number of benzene rings is 1.